The van der Waals surface area contributed by atoms with Crippen molar-refractivity contribution in [1.82, 2.24) is 15.5 Å². The van der Waals surface area contributed by atoms with Crippen molar-refractivity contribution < 1.29 is 5.11 Å². The van der Waals surface area contributed by atoms with Crippen LogP contribution in [-0.2, 0) is 19.5 Å². The normalized spacial score (nSPS) is 15.8. The second-order valence-corrected chi connectivity index (χ2v) is 7.47. The van der Waals surface area contributed by atoms with Crippen LogP contribution in [0.15, 0.2) is 53.5 Å². The number of hydrogen-bond acceptors (Lipinski definition) is 3. The minimum Gasteiger partial charge on any atom is -0.390 e. The molecule has 5 heteroatoms. The van der Waals surface area contributed by atoms with E-state index in [1.54, 1.807) is 0 Å². The molecule has 0 spiro atoms. The number of β-amino-alcohol motifs (C(OH)–C–C–N with tert-alkyl or cyclic N) is 1. The zero-order chi connectivity index (χ0) is 19.8. The molecule has 1 unspecified atom stereocenters. The summed E-state index contributed by atoms with van der Waals surface area (Å²) in [5, 5.41) is 17.0. The summed E-state index contributed by atoms with van der Waals surface area (Å²) < 4.78 is 0. The largest absolute Gasteiger partial charge is 0.390 e. The lowest BCUT2D eigenvalue weighted by molar-refractivity contribution is 0.108. The second kappa shape index (κ2) is 10.2. The van der Waals surface area contributed by atoms with Gasteiger partial charge in [0.1, 0.15) is 0 Å². The molecule has 3 rings (SSSR count). The van der Waals surface area contributed by atoms with Gasteiger partial charge in [0.05, 0.1) is 12.6 Å². The zero-order valence-corrected chi connectivity index (χ0v) is 17.0. The van der Waals surface area contributed by atoms with Crippen molar-refractivity contribution in [2.45, 2.75) is 39.5 Å². The average molecular weight is 381 g/mol. The van der Waals surface area contributed by atoms with E-state index in [0.717, 1.165) is 32.0 Å². The molecular weight excluding hydrogens is 348 g/mol. The highest BCUT2D eigenvalue weighted by Gasteiger charge is 2.18. The van der Waals surface area contributed by atoms with Gasteiger partial charge >= 0.3 is 0 Å². The second-order valence-electron chi connectivity index (χ2n) is 7.47. The van der Waals surface area contributed by atoms with Gasteiger partial charge in [0.2, 0.25) is 0 Å². The highest BCUT2D eigenvalue weighted by Crippen LogP contribution is 2.18. The molecule has 0 saturated heterocycles. The topological polar surface area (TPSA) is 59.9 Å². The third-order valence-corrected chi connectivity index (χ3v) is 5.03. The van der Waals surface area contributed by atoms with Crippen LogP contribution >= 0.6 is 0 Å². The van der Waals surface area contributed by atoms with Gasteiger partial charge in [-0.2, -0.15) is 0 Å². The van der Waals surface area contributed by atoms with Crippen LogP contribution in [0.4, 0.5) is 0 Å². The third kappa shape index (κ3) is 6.08. The van der Waals surface area contributed by atoms with Crippen molar-refractivity contribution >= 4 is 5.96 Å². The van der Waals surface area contributed by atoms with E-state index < -0.39 is 6.10 Å². The first kappa shape index (κ1) is 20.4. The highest BCUT2D eigenvalue weighted by atomic mass is 16.3. The van der Waals surface area contributed by atoms with E-state index in [1.807, 2.05) is 6.92 Å². The first-order chi connectivity index (χ1) is 13.6. The fraction of sp³-hybridized carbons (Fsp3) is 0.435. The van der Waals surface area contributed by atoms with E-state index in [9.17, 15) is 5.11 Å². The summed E-state index contributed by atoms with van der Waals surface area (Å²) in [7, 11) is 0. The van der Waals surface area contributed by atoms with E-state index in [1.165, 1.54) is 22.3 Å². The fourth-order valence-electron chi connectivity index (χ4n) is 3.61. The Morgan fingerprint density at radius 3 is 2.75 bits per heavy atom. The average Bonchev–Trinajstić information content (AvgIpc) is 2.70. The summed E-state index contributed by atoms with van der Waals surface area (Å²) >= 11 is 0. The van der Waals surface area contributed by atoms with Crippen molar-refractivity contribution in [3.05, 3.63) is 70.8 Å². The van der Waals surface area contributed by atoms with Crippen LogP contribution < -0.4 is 10.6 Å². The summed E-state index contributed by atoms with van der Waals surface area (Å²) in [5.41, 5.74) is 5.24. The molecular formula is C23H32N4O. The van der Waals surface area contributed by atoms with Gasteiger partial charge in [-0.05, 0) is 37.0 Å². The molecule has 150 valence electrons. The highest BCUT2D eigenvalue weighted by molar-refractivity contribution is 5.79. The summed E-state index contributed by atoms with van der Waals surface area (Å²) in [6.07, 6.45) is 0.616. The monoisotopic (exact) mass is 380 g/mol. The minimum absolute atomic E-state index is 0.437. The summed E-state index contributed by atoms with van der Waals surface area (Å²) in [6, 6.07) is 17.0. The van der Waals surface area contributed by atoms with E-state index in [0.29, 0.717) is 19.6 Å². The number of nitrogens with one attached hydrogen (secondary N) is 2. The number of guanidine groups is 1. The number of aryl methyl sites for hydroxylation is 1. The Kier molecular flexibility index (Phi) is 7.46. The van der Waals surface area contributed by atoms with Crippen LogP contribution in [-0.4, -0.2) is 48.2 Å². The maximum atomic E-state index is 10.5. The maximum Gasteiger partial charge on any atom is 0.191 e. The van der Waals surface area contributed by atoms with E-state index >= 15 is 0 Å². The van der Waals surface area contributed by atoms with Crippen molar-refractivity contribution in [1.29, 1.82) is 0 Å². The predicted octanol–water partition coefficient (Wildman–Crippen LogP) is 2.47. The fourth-order valence-corrected chi connectivity index (χ4v) is 3.61. The van der Waals surface area contributed by atoms with Gasteiger partial charge in [0, 0.05) is 32.7 Å². The van der Waals surface area contributed by atoms with Gasteiger partial charge in [0.25, 0.3) is 0 Å². The number of nitrogens with zero attached hydrogens (tertiary/aromatic N) is 2. The Hall–Kier alpha value is -2.37. The Morgan fingerprint density at radius 1 is 1.14 bits per heavy atom. The first-order valence-electron chi connectivity index (χ1n) is 10.2. The molecule has 5 nitrogen and oxygen atoms in total. The van der Waals surface area contributed by atoms with Crippen molar-refractivity contribution in [2.75, 3.05) is 26.2 Å². The smallest absolute Gasteiger partial charge is 0.191 e. The Bertz CT molecular complexity index is 790. The number of hydrogen-bond donors (Lipinski definition) is 3. The van der Waals surface area contributed by atoms with Crippen molar-refractivity contribution in [2.24, 2.45) is 4.99 Å². The van der Waals surface area contributed by atoms with E-state index in [-0.39, 0.29) is 0 Å². The Balaban J connectivity index is 1.48. The number of benzene rings is 2. The van der Waals surface area contributed by atoms with Crippen LogP contribution in [0.25, 0.3) is 0 Å². The minimum atomic E-state index is -0.437. The molecule has 1 aliphatic rings. The standard InChI is InChI=1S/C23H32N4O/c1-3-24-23(25-14-19-8-6-7-18(2)13-19)26-15-22(28)17-27-12-11-20-9-4-5-10-21(20)16-27/h4-10,13,22,28H,3,11-12,14-17H2,1-2H3,(H2,24,25,26). The maximum absolute atomic E-state index is 10.5. The van der Waals surface area contributed by atoms with Crippen molar-refractivity contribution in [3.8, 4) is 0 Å². The molecule has 2 aromatic rings. The van der Waals surface area contributed by atoms with E-state index in [4.69, 9.17) is 0 Å². The molecule has 2 aromatic carbocycles. The predicted molar refractivity (Wildman–Crippen MR) is 115 cm³/mol. The molecule has 28 heavy (non-hydrogen) atoms. The van der Waals surface area contributed by atoms with Crippen LogP contribution in [0, 0.1) is 6.92 Å². The van der Waals surface area contributed by atoms with Gasteiger partial charge < -0.3 is 15.7 Å². The molecule has 0 aromatic heterocycles. The molecule has 0 saturated carbocycles. The summed E-state index contributed by atoms with van der Waals surface area (Å²) in [5.74, 6) is 0.743. The summed E-state index contributed by atoms with van der Waals surface area (Å²) in [4.78, 5) is 6.97. The lowest BCUT2D eigenvalue weighted by atomic mass is 10.00. The van der Waals surface area contributed by atoms with Crippen molar-refractivity contribution in [3.63, 3.8) is 0 Å². The molecule has 1 atom stereocenters. The molecule has 0 fully saturated rings. The molecule has 1 heterocycles. The van der Waals surface area contributed by atoms with Gasteiger partial charge in [0.15, 0.2) is 5.96 Å². The van der Waals surface area contributed by atoms with Crippen LogP contribution in [0.2, 0.25) is 0 Å². The molecule has 0 amide bonds. The number of aliphatic imine (C=N–C) groups is 1. The van der Waals surface area contributed by atoms with Gasteiger partial charge in [-0.25, -0.2) is 4.99 Å². The molecule has 3 N–H and O–H groups in total. The molecule has 0 radical (unpaired) electrons. The molecule has 0 bridgehead atoms. The zero-order valence-electron chi connectivity index (χ0n) is 17.0. The number of aliphatic hydroxyl groups excluding tert-OH is 1. The first-order valence-corrected chi connectivity index (χ1v) is 10.2. The van der Waals surface area contributed by atoms with Gasteiger partial charge in [-0.1, -0.05) is 54.1 Å². The SMILES string of the molecule is CCNC(=NCc1cccc(C)c1)NCC(O)CN1CCc2ccccc2C1. The number of fused-ring (bicyclic) bond motifs is 1. The van der Waals surface area contributed by atoms with Crippen LogP contribution in [0.3, 0.4) is 0 Å². The van der Waals surface area contributed by atoms with Crippen LogP contribution in [0.1, 0.15) is 29.2 Å². The van der Waals surface area contributed by atoms with Crippen LogP contribution in [0.5, 0.6) is 0 Å². The van der Waals surface area contributed by atoms with Gasteiger partial charge in [-0.3, -0.25) is 4.90 Å². The number of aliphatic hydroxyl groups is 1. The Labute approximate surface area is 168 Å². The molecule has 0 aliphatic carbocycles. The van der Waals surface area contributed by atoms with E-state index in [2.05, 4.69) is 76.0 Å². The quantitative estimate of drug-likeness (QED) is 0.510. The molecule has 1 aliphatic heterocycles. The lowest BCUT2D eigenvalue weighted by Gasteiger charge is -2.30. The number of rotatable bonds is 7. The van der Waals surface area contributed by atoms with Gasteiger partial charge in [-0.15, -0.1) is 0 Å². The summed E-state index contributed by atoms with van der Waals surface area (Å²) in [6.45, 7) is 8.60. The lowest BCUT2D eigenvalue weighted by Crippen LogP contribution is -2.45. The Morgan fingerprint density at radius 2 is 1.96 bits per heavy atom. The third-order valence-electron chi connectivity index (χ3n) is 5.03.